The summed E-state index contributed by atoms with van der Waals surface area (Å²) in [6, 6.07) is -0.296. The van der Waals surface area contributed by atoms with E-state index in [9.17, 15) is 14.4 Å². The van der Waals surface area contributed by atoms with Gasteiger partial charge in [-0.2, -0.15) is 0 Å². The summed E-state index contributed by atoms with van der Waals surface area (Å²) < 4.78 is 16.1. The number of carbonyl (C=O) groups is 3. The SMILES string of the molecule is CC(C)(C)OC(=O)N1CCN(C(=O)C2CCOC2)C(CNC(=O)C2CCOC2)C1. The number of piperazine rings is 1. The Bertz CT molecular complexity index is 608. The first-order chi connectivity index (χ1) is 13.7. The summed E-state index contributed by atoms with van der Waals surface area (Å²) in [5, 5.41) is 2.95. The Morgan fingerprint density at radius 3 is 2.28 bits per heavy atom. The van der Waals surface area contributed by atoms with Crippen molar-refractivity contribution in [3.05, 3.63) is 0 Å². The minimum Gasteiger partial charge on any atom is -0.444 e. The maximum Gasteiger partial charge on any atom is 0.410 e. The monoisotopic (exact) mass is 411 g/mol. The first-order valence-electron chi connectivity index (χ1n) is 10.5. The van der Waals surface area contributed by atoms with Gasteiger partial charge in [-0.25, -0.2) is 4.79 Å². The van der Waals surface area contributed by atoms with Gasteiger partial charge in [-0.05, 0) is 33.6 Å². The van der Waals surface area contributed by atoms with Gasteiger partial charge < -0.3 is 29.3 Å². The summed E-state index contributed by atoms with van der Waals surface area (Å²) in [6.07, 6.45) is 1.03. The van der Waals surface area contributed by atoms with Gasteiger partial charge in [-0.3, -0.25) is 9.59 Å². The summed E-state index contributed by atoms with van der Waals surface area (Å²) in [5.41, 5.74) is -0.586. The fraction of sp³-hybridized carbons (Fsp3) is 0.850. The van der Waals surface area contributed by atoms with Crippen molar-refractivity contribution >= 4 is 17.9 Å². The number of nitrogens with one attached hydrogen (secondary N) is 1. The van der Waals surface area contributed by atoms with E-state index in [-0.39, 0.29) is 29.7 Å². The number of ether oxygens (including phenoxy) is 3. The highest BCUT2D eigenvalue weighted by atomic mass is 16.6. The van der Waals surface area contributed by atoms with Crippen LogP contribution in [0, 0.1) is 11.8 Å². The van der Waals surface area contributed by atoms with Crippen LogP contribution in [0.3, 0.4) is 0 Å². The number of carbonyl (C=O) groups excluding carboxylic acids is 3. The normalized spacial score (nSPS) is 27.8. The van der Waals surface area contributed by atoms with Crippen LogP contribution in [0.15, 0.2) is 0 Å². The van der Waals surface area contributed by atoms with Gasteiger partial charge in [-0.1, -0.05) is 0 Å². The maximum absolute atomic E-state index is 13.0. The van der Waals surface area contributed by atoms with Crippen LogP contribution in [0.1, 0.15) is 33.6 Å². The van der Waals surface area contributed by atoms with Gasteiger partial charge >= 0.3 is 6.09 Å². The van der Waals surface area contributed by atoms with Crippen molar-refractivity contribution < 1.29 is 28.6 Å². The lowest BCUT2D eigenvalue weighted by Gasteiger charge is -2.42. The topological polar surface area (TPSA) is 97.4 Å². The van der Waals surface area contributed by atoms with Crippen molar-refractivity contribution in [3.63, 3.8) is 0 Å². The predicted octanol–water partition coefficient (Wildman–Crippen LogP) is 0.624. The second kappa shape index (κ2) is 9.30. The number of rotatable bonds is 4. The molecule has 0 aromatic rings. The molecule has 0 spiro atoms. The molecule has 3 heterocycles. The predicted molar refractivity (Wildman–Crippen MR) is 104 cm³/mol. The van der Waals surface area contributed by atoms with Crippen molar-refractivity contribution in [1.29, 1.82) is 0 Å². The molecule has 0 aromatic carbocycles. The van der Waals surface area contributed by atoms with Crippen LogP contribution in [-0.4, -0.2) is 92.0 Å². The average molecular weight is 411 g/mol. The Balaban J connectivity index is 1.64. The zero-order valence-corrected chi connectivity index (χ0v) is 17.6. The van der Waals surface area contributed by atoms with Crippen LogP contribution < -0.4 is 5.32 Å². The molecule has 0 aromatic heterocycles. The van der Waals surface area contributed by atoms with Crippen LogP contribution in [-0.2, 0) is 23.8 Å². The number of nitrogens with zero attached hydrogens (tertiary/aromatic N) is 2. The van der Waals surface area contributed by atoms with Crippen LogP contribution in [0.2, 0.25) is 0 Å². The summed E-state index contributed by atoms with van der Waals surface area (Å²) >= 11 is 0. The van der Waals surface area contributed by atoms with Crippen molar-refractivity contribution in [1.82, 2.24) is 15.1 Å². The molecule has 3 atom stereocenters. The van der Waals surface area contributed by atoms with Crippen LogP contribution in [0.5, 0.6) is 0 Å². The smallest absolute Gasteiger partial charge is 0.410 e. The van der Waals surface area contributed by atoms with Gasteiger partial charge in [0.2, 0.25) is 11.8 Å². The number of amides is 3. The lowest BCUT2D eigenvalue weighted by molar-refractivity contribution is -0.141. The molecule has 9 heteroatoms. The summed E-state index contributed by atoms with van der Waals surface area (Å²) in [6.45, 7) is 8.99. The Labute approximate surface area is 172 Å². The highest BCUT2D eigenvalue weighted by Gasteiger charge is 2.38. The number of hydrogen-bond donors (Lipinski definition) is 1. The third kappa shape index (κ3) is 5.82. The molecule has 0 aliphatic carbocycles. The molecule has 3 aliphatic rings. The van der Waals surface area contributed by atoms with Crippen LogP contribution >= 0.6 is 0 Å². The van der Waals surface area contributed by atoms with E-state index < -0.39 is 11.7 Å². The van der Waals surface area contributed by atoms with Crippen molar-refractivity contribution in [2.45, 2.75) is 45.3 Å². The Morgan fingerprint density at radius 2 is 1.69 bits per heavy atom. The molecule has 1 N–H and O–H groups in total. The molecule has 164 valence electrons. The fourth-order valence-corrected chi connectivity index (χ4v) is 3.88. The summed E-state index contributed by atoms with van der Waals surface area (Å²) in [4.78, 5) is 41.3. The van der Waals surface area contributed by atoms with E-state index in [0.717, 1.165) is 0 Å². The third-order valence-corrected chi connectivity index (χ3v) is 5.51. The standard InChI is InChI=1S/C20H33N3O6/c1-20(2,3)29-19(26)22-6-7-23(18(25)15-5-9-28-13-15)16(11-22)10-21-17(24)14-4-8-27-12-14/h14-16H,4-13H2,1-3H3,(H,21,24). The van der Waals surface area contributed by atoms with Gasteiger partial charge in [0.1, 0.15) is 5.60 Å². The molecule has 9 nitrogen and oxygen atoms in total. The highest BCUT2D eigenvalue weighted by molar-refractivity contribution is 5.81. The van der Waals surface area contributed by atoms with Gasteiger partial charge in [-0.15, -0.1) is 0 Å². The van der Waals surface area contributed by atoms with Gasteiger partial charge in [0.25, 0.3) is 0 Å². The molecule has 0 radical (unpaired) electrons. The Morgan fingerprint density at radius 1 is 1.03 bits per heavy atom. The lowest BCUT2D eigenvalue weighted by Crippen LogP contribution is -2.61. The molecule has 3 aliphatic heterocycles. The largest absolute Gasteiger partial charge is 0.444 e. The highest BCUT2D eigenvalue weighted by Crippen LogP contribution is 2.21. The van der Waals surface area contributed by atoms with E-state index in [1.165, 1.54) is 0 Å². The number of hydrogen-bond acceptors (Lipinski definition) is 6. The molecule has 0 saturated carbocycles. The third-order valence-electron chi connectivity index (χ3n) is 5.51. The van der Waals surface area contributed by atoms with Crippen molar-refractivity contribution in [2.75, 3.05) is 52.6 Å². The molecule has 3 rings (SSSR count). The van der Waals surface area contributed by atoms with Gasteiger partial charge in [0.15, 0.2) is 0 Å². The minimum atomic E-state index is -0.586. The zero-order chi connectivity index (χ0) is 21.0. The van der Waals surface area contributed by atoms with E-state index in [4.69, 9.17) is 14.2 Å². The van der Waals surface area contributed by atoms with E-state index in [1.807, 2.05) is 20.8 Å². The van der Waals surface area contributed by atoms with E-state index in [1.54, 1.807) is 9.80 Å². The van der Waals surface area contributed by atoms with E-state index in [2.05, 4.69) is 5.32 Å². The van der Waals surface area contributed by atoms with Gasteiger partial charge in [0.05, 0.1) is 31.1 Å². The van der Waals surface area contributed by atoms with E-state index >= 15 is 0 Å². The fourth-order valence-electron chi connectivity index (χ4n) is 3.88. The minimum absolute atomic E-state index is 0.0368. The zero-order valence-electron chi connectivity index (χ0n) is 17.6. The lowest BCUT2D eigenvalue weighted by atomic mass is 10.0. The molecular formula is C20H33N3O6. The average Bonchev–Trinajstić information content (AvgIpc) is 3.37. The summed E-state index contributed by atoms with van der Waals surface area (Å²) in [5.74, 6) is -0.319. The second-order valence-electron chi connectivity index (χ2n) is 8.98. The molecule has 3 amide bonds. The molecule has 3 fully saturated rings. The quantitative estimate of drug-likeness (QED) is 0.729. The Hall–Kier alpha value is -1.87. The molecule has 3 unspecified atom stereocenters. The van der Waals surface area contributed by atoms with Crippen LogP contribution in [0.4, 0.5) is 4.79 Å². The summed E-state index contributed by atoms with van der Waals surface area (Å²) in [7, 11) is 0. The molecule has 29 heavy (non-hydrogen) atoms. The first kappa shape index (κ1) is 21.8. The van der Waals surface area contributed by atoms with E-state index in [0.29, 0.717) is 65.4 Å². The first-order valence-corrected chi connectivity index (χ1v) is 10.5. The molecule has 0 bridgehead atoms. The molecular weight excluding hydrogens is 378 g/mol. The molecule has 3 saturated heterocycles. The second-order valence-corrected chi connectivity index (χ2v) is 8.98. The van der Waals surface area contributed by atoms with Crippen LogP contribution in [0.25, 0.3) is 0 Å². The maximum atomic E-state index is 13.0. The van der Waals surface area contributed by atoms with Crippen molar-refractivity contribution in [3.8, 4) is 0 Å². The Kier molecular flexibility index (Phi) is 7.00. The van der Waals surface area contributed by atoms with Gasteiger partial charge in [0, 0.05) is 39.4 Å². The van der Waals surface area contributed by atoms with Crippen molar-refractivity contribution in [2.24, 2.45) is 11.8 Å².